The van der Waals surface area contributed by atoms with Gasteiger partial charge in [0.2, 0.25) is 5.91 Å². The van der Waals surface area contributed by atoms with E-state index in [-0.39, 0.29) is 12.5 Å². The molecule has 2 aromatic carbocycles. The molecule has 1 amide bonds. The van der Waals surface area contributed by atoms with Gasteiger partial charge in [-0.3, -0.25) is 4.79 Å². The lowest BCUT2D eigenvalue weighted by atomic mass is 10.2. The van der Waals surface area contributed by atoms with Crippen molar-refractivity contribution in [1.82, 2.24) is 5.32 Å². The van der Waals surface area contributed by atoms with Crippen LogP contribution in [-0.4, -0.2) is 36.8 Å². The molecule has 1 atom stereocenters. The number of aliphatic hydroxyl groups excluding tert-OH is 1. The highest BCUT2D eigenvalue weighted by Gasteiger charge is 2.05. The van der Waals surface area contributed by atoms with Gasteiger partial charge in [0.25, 0.3) is 0 Å². The second kappa shape index (κ2) is 10.4. The van der Waals surface area contributed by atoms with Gasteiger partial charge in [-0.05, 0) is 37.2 Å². The Kier molecular flexibility index (Phi) is 7.80. The Morgan fingerprint density at radius 2 is 1.71 bits per heavy atom. The fourth-order valence-corrected chi connectivity index (χ4v) is 2.16. The van der Waals surface area contributed by atoms with E-state index in [4.69, 9.17) is 4.74 Å². The van der Waals surface area contributed by atoms with Crippen molar-refractivity contribution in [3.05, 3.63) is 60.7 Å². The number of carbonyl (C=O) groups is 1. The summed E-state index contributed by atoms with van der Waals surface area (Å²) in [5.41, 5.74) is 0.809. The first-order valence-electron chi connectivity index (χ1n) is 8.15. The number of ether oxygens (including phenoxy) is 1. The average Bonchev–Trinajstić information content (AvgIpc) is 2.61. The second-order valence-corrected chi connectivity index (χ2v) is 5.50. The zero-order chi connectivity index (χ0) is 17.0. The number of amides is 1. The molecule has 3 N–H and O–H groups in total. The summed E-state index contributed by atoms with van der Waals surface area (Å²) in [7, 11) is 0. The molecule has 0 saturated carbocycles. The molecule has 5 nitrogen and oxygen atoms in total. The molecule has 0 aliphatic rings. The van der Waals surface area contributed by atoms with Crippen LogP contribution in [0.2, 0.25) is 0 Å². The van der Waals surface area contributed by atoms with Crippen molar-refractivity contribution in [1.29, 1.82) is 0 Å². The molecule has 0 heterocycles. The summed E-state index contributed by atoms with van der Waals surface area (Å²) in [5.74, 6) is 0.741. The number of hydrogen-bond donors (Lipinski definition) is 3. The van der Waals surface area contributed by atoms with Gasteiger partial charge in [0.05, 0.1) is 0 Å². The third kappa shape index (κ3) is 7.26. The molecule has 128 valence electrons. The molecule has 1 unspecified atom stereocenters. The highest BCUT2D eigenvalue weighted by Crippen LogP contribution is 2.08. The molecular formula is C19H24N2O3. The Morgan fingerprint density at radius 1 is 1.04 bits per heavy atom. The molecule has 5 heteroatoms. The van der Waals surface area contributed by atoms with E-state index < -0.39 is 6.10 Å². The maximum absolute atomic E-state index is 11.8. The van der Waals surface area contributed by atoms with Crippen LogP contribution in [0.25, 0.3) is 0 Å². The van der Waals surface area contributed by atoms with Crippen LogP contribution in [0, 0.1) is 0 Å². The largest absolute Gasteiger partial charge is 0.491 e. The zero-order valence-corrected chi connectivity index (χ0v) is 13.7. The van der Waals surface area contributed by atoms with Gasteiger partial charge < -0.3 is 20.5 Å². The maximum Gasteiger partial charge on any atom is 0.224 e. The van der Waals surface area contributed by atoms with E-state index in [1.54, 1.807) is 0 Å². The quantitative estimate of drug-likeness (QED) is 0.586. The van der Waals surface area contributed by atoms with Gasteiger partial charge in [-0.15, -0.1) is 0 Å². The third-order valence-electron chi connectivity index (χ3n) is 3.38. The third-order valence-corrected chi connectivity index (χ3v) is 3.38. The van der Waals surface area contributed by atoms with E-state index in [9.17, 15) is 9.90 Å². The molecule has 0 aliphatic carbocycles. The maximum atomic E-state index is 11.8. The number of carbonyl (C=O) groups excluding carboxylic acids is 1. The summed E-state index contributed by atoms with van der Waals surface area (Å²) >= 11 is 0. The SMILES string of the molecule is O=C(CCCNCC(O)COc1ccccc1)Nc1ccccc1. The summed E-state index contributed by atoms with van der Waals surface area (Å²) in [4.78, 5) is 11.8. The fourth-order valence-electron chi connectivity index (χ4n) is 2.16. The summed E-state index contributed by atoms with van der Waals surface area (Å²) in [6.45, 7) is 1.35. The molecule has 0 spiro atoms. The summed E-state index contributed by atoms with van der Waals surface area (Å²) in [5, 5.41) is 15.8. The molecule has 2 rings (SSSR count). The van der Waals surface area contributed by atoms with Gasteiger partial charge in [-0.25, -0.2) is 0 Å². The molecule has 0 saturated heterocycles. The lowest BCUT2D eigenvalue weighted by Crippen LogP contribution is -2.32. The molecule has 24 heavy (non-hydrogen) atoms. The number of nitrogens with one attached hydrogen (secondary N) is 2. The Labute approximate surface area is 142 Å². The van der Waals surface area contributed by atoms with E-state index in [0.29, 0.717) is 25.9 Å². The van der Waals surface area contributed by atoms with Crippen molar-refractivity contribution in [3.8, 4) is 5.75 Å². The summed E-state index contributed by atoms with van der Waals surface area (Å²) in [6, 6.07) is 18.8. The minimum atomic E-state index is -0.580. The number of hydrogen-bond acceptors (Lipinski definition) is 4. The number of rotatable bonds is 10. The van der Waals surface area contributed by atoms with Gasteiger partial charge >= 0.3 is 0 Å². The molecule has 0 aliphatic heterocycles. The smallest absolute Gasteiger partial charge is 0.224 e. The Bertz CT molecular complexity index is 590. The first kappa shape index (κ1) is 18.0. The molecule has 0 aromatic heterocycles. The summed E-state index contributed by atoms with van der Waals surface area (Å²) in [6.07, 6.45) is 0.576. The number of benzene rings is 2. The molecule has 2 aromatic rings. The average molecular weight is 328 g/mol. The van der Waals surface area contributed by atoms with Crippen molar-refractivity contribution in [2.45, 2.75) is 18.9 Å². The van der Waals surface area contributed by atoms with Crippen LogP contribution < -0.4 is 15.4 Å². The van der Waals surface area contributed by atoms with Gasteiger partial charge in [0, 0.05) is 18.7 Å². The lowest BCUT2D eigenvalue weighted by Gasteiger charge is -2.13. The van der Waals surface area contributed by atoms with Gasteiger partial charge in [-0.2, -0.15) is 0 Å². The van der Waals surface area contributed by atoms with Crippen molar-refractivity contribution in [3.63, 3.8) is 0 Å². The van der Waals surface area contributed by atoms with E-state index >= 15 is 0 Å². The number of aliphatic hydroxyl groups is 1. The number of anilines is 1. The van der Waals surface area contributed by atoms with Crippen LogP contribution >= 0.6 is 0 Å². The minimum absolute atomic E-state index is 0.00374. The first-order valence-corrected chi connectivity index (χ1v) is 8.15. The molecule has 0 radical (unpaired) electrons. The van der Waals surface area contributed by atoms with Crippen LogP contribution in [-0.2, 0) is 4.79 Å². The Morgan fingerprint density at radius 3 is 2.42 bits per heavy atom. The highest BCUT2D eigenvalue weighted by molar-refractivity contribution is 5.90. The highest BCUT2D eigenvalue weighted by atomic mass is 16.5. The van der Waals surface area contributed by atoms with E-state index in [1.807, 2.05) is 60.7 Å². The van der Waals surface area contributed by atoms with Crippen LogP contribution in [0.3, 0.4) is 0 Å². The zero-order valence-electron chi connectivity index (χ0n) is 13.7. The molecule has 0 bridgehead atoms. The van der Waals surface area contributed by atoms with Crippen molar-refractivity contribution < 1.29 is 14.6 Å². The van der Waals surface area contributed by atoms with E-state index in [2.05, 4.69) is 10.6 Å². The Hall–Kier alpha value is -2.37. The number of para-hydroxylation sites is 2. The van der Waals surface area contributed by atoms with Crippen molar-refractivity contribution >= 4 is 11.6 Å². The van der Waals surface area contributed by atoms with Crippen LogP contribution in [0.1, 0.15) is 12.8 Å². The van der Waals surface area contributed by atoms with Gasteiger partial charge in [-0.1, -0.05) is 36.4 Å². The van der Waals surface area contributed by atoms with Crippen molar-refractivity contribution in [2.75, 3.05) is 25.0 Å². The predicted molar refractivity (Wildman–Crippen MR) is 95.1 cm³/mol. The predicted octanol–water partition coefficient (Wildman–Crippen LogP) is 2.43. The lowest BCUT2D eigenvalue weighted by molar-refractivity contribution is -0.116. The molecular weight excluding hydrogens is 304 g/mol. The topological polar surface area (TPSA) is 70.6 Å². The summed E-state index contributed by atoms with van der Waals surface area (Å²) < 4.78 is 5.48. The molecule has 0 fully saturated rings. The first-order chi connectivity index (χ1) is 11.7. The van der Waals surface area contributed by atoms with Gasteiger partial charge in [0.1, 0.15) is 18.5 Å². The van der Waals surface area contributed by atoms with Crippen LogP contribution in [0.15, 0.2) is 60.7 Å². The standard InChI is InChI=1S/C19H24N2O3/c22-17(15-24-18-10-5-2-6-11-18)14-20-13-7-12-19(23)21-16-8-3-1-4-9-16/h1-6,8-11,17,20,22H,7,12-15H2,(H,21,23). The minimum Gasteiger partial charge on any atom is -0.491 e. The van der Waals surface area contributed by atoms with Crippen LogP contribution in [0.4, 0.5) is 5.69 Å². The van der Waals surface area contributed by atoms with E-state index in [1.165, 1.54) is 0 Å². The second-order valence-electron chi connectivity index (χ2n) is 5.50. The fraction of sp³-hybridized carbons (Fsp3) is 0.316. The van der Waals surface area contributed by atoms with Crippen LogP contribution in [0.5, 0.6) is 5.75 Å². The normalized spacial score (nSPS) is 11.7. The van der Waals surface area contributed by atoms with Crippen molar-refractivity contribution in [2.24, 2.45) is 0 Å². The monoisotopic (exact) mass is 328 g/mol. The Balaban J connectivity index is 1.50. The van der Waals surface area contributed by atoms with Gasteiger partial charge in [0.15, 0.2) is 0 Å². The van der Waals surface area contributed by atoms with E-state index in [0.717, 1.165) is 11.4 Å².